The Kier molecular flexibility index (Phi) is 8.77. The number of nitrogens with zero attached hydrogens (tertiary/aromatic N) is 3. The van der Waals surface area contributed by atoms with Gasteiger partial charge in [0.1, 0.15) is 47.3 Å². The fourth-order valence-electron chi connectivity index (χ4n) is 4.53. The molecule has 2 aromatic carbocycles. The molecule has 1 aromatic heterocycles. The Morgan fingerprint density at radius 1 is 1.10 bits per heavy atom. The number of aryl methyl sites for hydroxylation is 1. The molecule has 0 saturated carbocycles. The molecule has 0 unspecified atom stereocenters. The first-order chi connectivity index (χ1) is 19.4. The summed E-state index contributed by atoms with van der Waals surface area (Å²) in [6, 6.07) is 5.03. The molecule has 0 spiro atoms. The first-order valence-corrected chi connectivity index (χ1v) is 15.0. The Morgan fingerprint density at radius 3 is 2.33 bits per heavy atom. The first kappa shape index (κ1) is 31.9. The van der Waals surface area contributed by atoms with E-state index < -0.39 is 36.8 Å². The topological polar surface area (TPSA) is 101 Å². The molecule has 13 heteroatoms. The van der Waals surface area contributed by atoms with Crippen molar-refractivity contribution in [3.8, 4) is 11.5 Å². The van der Waals surface area contributed by atoms with E-state index in [1.165, 1.54) is 11.0 Å². The molecule has 0 N–H and O–H groups in total. The van der Waals surface area contributed by atoms with Crippen molar-refractivity contribution < 1.29 is 41.2 Å². The van der Waals surface area contributed by atoms with Crippen LogP contribution in [0.4, 0.5) is 8.78 Å². The molecule has 0 fully saturated rings. The Hall–Kier alpha value is -3.05. The maximum absolute atomic E-state index is 15.0. The van der Waals surface area contributed by atoms with Gasteiger partial charge >= 0.3 is 7.82 Å². The minimum absolute atomic E-state index is 0.0492. The lowest BCUT2D eigenvalue weighted by Gasteiger charge is -2.31. The Morgan fingerprint density at radius 2 is 1.74 bits per heavy atom. The van der Waals surface area contributed by atoms with E-state index in [0.29, 0.717) is 16.9 Å². The fraction of sp³-hybridized carbons (Fsp3) is 0.517. The number of halogens is 2. The van der Waals surface area contributed by atoms with E-state index in [2.05, 4.69) is 4.98 Å². The number of hydrogen-bond acceptors (Lipinski definition) is 8. The smallest absolute Gasteiger partial charge is 0.477 e. The standard InChI is InChI=1S/C29H38F2N3O7P/c1-17-32-21-12-18(27(35)33(8)9)13-24(39-22-10-11-37-23-15-19(30)14-20(31)25(22)23)26(21)34(17)16-38-42(36,40-28(2,3)4)41-29(5,6)7/h12-15,22H,10-11,16H2,1-9H3/t22-/m0/s1. The summed E-state index contributed by atoms with van der Waals surface area (Å²) in [6.45, 7) is 12.0. The number of aromatic nitrogens is 2. The molecule has 1 atom stereocenters. The molecule has 42 heavy (non-hydrogen) atoms. The number of phosphoric ester groups is 1. The van der Waals surface area contributed by atoms with Gasteiger partial charge in [0.2, 0.25) is 0 Å². The van der Waals surface area contributed by atoms with Crippen molar-refractivity contribution in [3.63, 3.8) is 0 Å². The summed E-state index contributed by atoms with van der Waals surface area (Å²) in [5.74, 6) is -1.16. The predicted octanol–water partition coefficient (Wildman–Crippen LogP) is 6.94. The van der Waals surface area contributed by atoms with Crippen molar-refractivity contribution in [3.05, 3.63) is 52.9 Å². The van der Waals surface area contributed by atoms with E-state index in [1.54, 1.807) is 73.2 Å². The van der Waals surface area contributed by atoms with Gasteiger partial charge in [-0.05, 0) is 60.6 Å². The number of benzene rings is 2. The van der Waals surface area contributed by atoms with E-state index in [4.69, 9.17) is 23.0 Å². The predicted molar refractivity (Wildman–Crippen MR) is 153 cm³/mol. The number of fused-ring (bicyclic) bond motifs is 2. The van der Waals surface area contributed by atoms with E-state index in [9.17, 15) is 18.1 Å². The van der Waals surface area contributed by atoms with E-state index in [1.807, 2.05) is 0 Å². The largest absolute Gasteiger partial charge is 0.493 e. The molecule has 3 aromatic rings. The van der Waals surface area contributed by atoms with Crippen LogP contribution in [0.3, 0.4) is 0 Å². The number of amides is 1. The van der Waals surface area contributed by atoms with Gasteiger partial charge in [-0.1, -0.05) is 0 Å². The van der Waals surface area contributed by atoms with Crippen LogP contribution in [-0.4, -0.2) is 52.3 Å². The van der Waals surface area contributed by atoms with E-state index in [-0.39, 0.29) is 48.3 Å². The molecule has 10 nitrogen and oxygen atoms in total. The zero-order valence-electron chi connectivity index (χ0n) is 25.4. The van der Waals surface area contributed by atoms with Crippen LogP contribution in [0, 0.1) is 18.6 Å². The van der Waals surface area contributed by atoms with Gasteiger partial charge in [-0.15, -0.1) is 0 Å². The zero-order valence-corrected chi connectivity index (χ0v) is 26.3. The fourth-order valence-corrected chi connectivity index (χ4v) is 6.27. The Labute approximate surface area is 244 Å². The highest BCUT2D eigenvalue weighted by Gasteiger charge is 2.38. The first-order valence-electron chi connectivity index (χ1n) is 13.5. The van der Waals surface area contributed by atoms with Gasteiger partial charge in [-0.3, -0.25) is 18.4 Å². The average molecular weight is 610 g/mol. The number of ether oxygens (including phenoxy) is 2. The van der Waals surface area contributed by atoms with E-state index >= 15 is 0 Å². The van der Waals surface area contributed by atoms with Crippen LogP contribution in [0.2, 0.25) is 0 Å². The van der Waals surface area contributed by atoms with Gasteiger partial charge in [-0.25, -0.2) is 18.3 Å². The quantitative estimate of drug-likeness (QED) is 0.253. The summed E-state index contributed by atoms with van der Waals surface area (Å²) >= 11 is 0. The summed E-state index contributed by atoms with van der Waals surface area (Å²) in [6.07, 6.45) is -0.591. The van der Waals surface area contributed by atoms with Crippen molar-refractivity contribution in [2.24, 2.45) is 0 Å². The summed E-state index contributed by atoms with van der Waals surface area (Å²) in [4.78, 5) is 19.0. The lowest BCUT2D eigenvalue weighted by atomic mass is 10.0. The average Bonchev–Trinajstić information content (AvgIpc) is 3.14. The number of imidazole rings is 1. The monoisotopic (exact) mass is 609 g/mol. The third-order valence-corrected chi connectivity index (χ3v) is 8.03. The Bertz CT molecular complexity index is 1520. The SMILES string of the molecule is Cc1nc2cc(C(=O)N(C)C)cc(O[C@H]3CCOc4cc(F)cc(F)c43)c2n1COP(=O)(OC(C)(C)C)OC(C)(C)C. The highest BCUT2D eigenvalue weighted by atomic mass is 31.2. The van der Waals surface area contributed by atoms with Gasteiger partial charge in [-0.2, -0.15) is 0 Å². The third-order valence-electron chi connectivity index (χ3n) is 6.05. The third kappa shape index (κ3) is 7.29. The maximum Gasteiger partial charge on any atom is 0.477 e. The minimum Gasteiger partial charge on any atom is -0.493 e. The molecule has 0 saturated heterocycles. The molecule has 0 aliphatic carbocycles. The molecular formula is C29H38F2N3O7P. The number of carbonyl (C=O) groups excluding carboxylic acids is 1. The summed E-state index contributed by atoms with van der Waals surface area (Å²) in [5.41, 5.74) is -0.519. The van der Waals surface area contributed by atoms with Gasteiger partial charge in [0, 0.05) is 38.2 Å². The van der Waals surface area contributed by atoms with Crippen LogP contribution in [-0.2, 0) is 24.9 Å². The van der Waals surface area contributed by atoms with Crippen LogP contribution in [0.15, 0.2) is 24.3 Å². The van der Waals surface area contributed by atoms with Crippen molar-refractivity contribution in [2.75, 3.05) is 20.7 Å². The minimum atomic E-state index is -4.10. The molecule has 1 amide bonds. The second kappa shape index (κ2) is 11.6. The van der Waals surface area contributed by atoms with Gasteiger partial charge in [0.05, 0.1) is 28.9 Å². The van der Waals surface area contributed by atoms with Crippen molar-refractivity contribution in [1.82, 2.24) is 14.5 Å². The normalized spacial score (nSPS) is 15.8. The van der Waals surface area contributed by atoms with Gasteiger partial charge in [0.15, 0.2) is 0 Å². The van der Waals surface area contributed by atoms with Crippen molar-refractivity contribution in [2.45, 2.75) is 78.9 Å². The highest BCUT2D eigenvalue weighted by Crippen LogP contribution is 2.56. The van der Waals surface area contributed by atoms with Gasteiger partial charge in [0.25, 0.3) is 5.91 Å². The lowest BCUT2D eigenvalue weighted by Crippen LogP contribution is -2.25. The number of hydrogen-bond donors (Lipinski definition) is 0. The van der Waals surface area contributed by atoms with Crippen molar-refractivity contribution >= 4 is 24.8 Å². The molecule has 0 radical (unpaired) electrons. The molecule has 230 valence electrons. The van der Waals surface area contributed by atoms with Crippen LogP contribution < -0.4 is 9.47 Å². The molecular weight excluding hydrogens is 571 g/mol. The summed E-state index contributed by atoms with van der Waals surface area (Å²) < 4.78 is 73.4. The Balaban J connectivity index is 1.81. The lowest BCUT2D eigenvalue weighted by molar-refractivity contribution is -0.00596. The second-order valence-electron chi connectivity index (χ2n) is 12.3. The number of phosphoric acid groups is 1. The molecule has 4 rings (SSSR count). The van der Waals surface area contributed by atoms with Crippen LogP contribution >= 0.6 is 7.82 Å². The van der Waals surface area contributed by atoms with Gasteiger partial charge < -0.3 is 18.9 Å². The molecule has 2 heterocycles. The zero-order chi connectivity index (χ0) is 31.2. The molecule has 1 aliphatic heterocycles. The van der Waals surface area contributed by atoms with Crippen LogP contribution in [0.5, 0.6) is 11.5 Å². The summed E-state index contributed by atoms with van der Waals surface area (Å²) in [7, 11) is -0.863. The molecule has 0 bridgehead atoms. The van der Waals surface area contributed by atoms with Crippen LogP contribution in [0.1, 0.15) is 75.8 Å². The maximum atomic E-state index is 15.0. The summed E-state index contributed by atoms with van der Waals surface area (Å²) in [5, 5.41) is 0. The molecule has 1 aliphatic rings. The highest BCUT2D eigenvalue weighted by molar-refractivity contribution is 7.48. The van der Waals surface area contributed by atoms with E-state index in [0.717, 1.165) is 12.1 Å². The van der Waals surface area contributed by atoms with Crippen molar-refractivity contribution in [1.29, 1.82) is 0 Å². The van der Waals surface area contributed by atoms with Crippen LogP contribution in [0.25, 0.3) is 11.0 Å². The second-order valence-corrected chi connectivity index (χ2v) is 13.8. The number of rotatable bonds is 8. The number of carbonyl (C=O) groups is 1.